The number of ether oxygens (including phenoxy) is 3. The van der Waals surface area contributed by atoms with Gasteiger partial charge in [-0.3, -0.25) is 4.79 Å². The zero-order valence-electron chi connectivity index (χ0n) is 17.5. The van der Waals surface area contributed by atoms with Gasteiger partial charge < -0.3 is 18.8 Å². The molecule has 0 N–H and O–H groups in total. The number of para-hydroxylation sites is 2. The summed E-state index contributed by atoms with van der Waals surface area (Å²) in [6.07, 6.45) is -0.333. The molecule has 1 heterocycles. The third-order valence-electron chi connectivity index (χ3n) is 4.54. The second-order valence-corrected chi connectivity index (χ2v) is 7.38. The van der Waals surface area contributed by atoms with E-state index in [1.54, 1.807) is 38.5 Å². The molecule has 1 aromatic heterocycles. The number of ketones is 1. The Labute approximate surface area is 180 Å². The lowest BCUT2D eigenvalue weighted by atomic mass is 10.1. The van der Waals surface area contributed by atoms with Crippen molar-refractivity contribution in [2.45, 2.75) is 31.7 Å². The number of thioether (sulfide) groups is 1. The van der Waals surface area contributed by atoms with E-state index in [4.69, 9.17) is 14.2 Å². The summed E-state index contributed by atoms with van der Waals surface area (Å²) < 4.78 is 18.5. The van der Waals surface area contributed by atoms with Crippen LogP contribution in [0.2, 0.25) is 0 Å². The summed E-state index contributed by atoms with van der Waals surface area (Å²) in [6, 6.07) is 14.6. The Morgan fingerprint density at radius 2 is 1.73 bits per heavy atom. The topological polar surface area (TPSA) is 75.5 Å². The van der Waals surface area contributed by atoms with Crippen molar-refractivity contribution in [2.24, 2.45) is 0 Å². The van der Waals surface area contributed by atoms with E-state index < -0.39 is 0 Å². The lowest BCUT2D eigenvalue weighted by Crippen LogP contribution is -2.12. The number of hydrogen-bond donors (Lipinski definition) is 0. The quantitative estimate of drug-likeness (QED) is 0.350. The van der Waals surface area contributed by atoms with Crippen molar-refractivity contribution < 1.29 is 19.0 Å². The smallest absolute Gasteiger partial charge is 0.191 e. The van der Waals surface area contributed by atoms with Gasteiger partial charge in [0.15, 0.2) is 34.4 Å². The van der Waals surface area contributed by atoms with Crippen molar-refractivity contribution in [1.82, 2.24) is 14.8 Å². The average Bonchev–Trinajstić information content (AvgIpc) is 3.21. The predicted molar refractivity (Wildman–Crippen MR) is 116 cm³/mol. The molecule has 0 saturated heterocycles. The minimum absolute atomic E-state index is 0.0215. The van der Waals surface area contributed by atoms with Gasteiger partial charge in [-0.2, -0.15) is 0 Å². The molecule has 3 aromatic rings. The largest absolute Gasteiger partial charge is 0.497 e. The van der Waals surface area contributed by atoms with Gasteiger partial charge in [0.2, 0.25) is 0 Å². The van der Waals surface area contributed by atoms with Gasteiger partial charge in [-0.15, -0.1) is 10.2 Å². The first-order valence-corrected chi connectivity index (χ1v) is 10.6. The SMILES string of the molecule is CCn1c(SCC(=O)c2ccc(OC)cc2)nnc1C(C)Oc1ccccc1OC. The van der Waals surface area contributed by atoms with Gasteiger partial charge in [0.1, 0.15) is 5.75 Å². The maximum Gasteiger partial charge on any atom is 0.191 e. The molecule has 0 aliphatic carbocycles. The summed E-state index contributed by atoms with van der Waals surface area (Å²) in [5, 5.41) is 9.27. The number of carbonyl (C=O) groups excluding carboxylic acids is 1. The van der Waals surface area contributed by atoms with E-state index >= 15 is 0 Å². The van der Waals surface area contributed by atoms with Crippen molar-refractivity contribution in [3.05, 3.63) is 59.9 Å². The molecule has 1 atom stereocenters. The zero-order chi connectivity index (χ0) is 21.5. The Morgan fingerprint density at radius 1 is 1.03 bits per heavy atom. The number of carbonyl (C=O) groups is 1. The van der Waals surface area contributed by atoms with Crippen LogP contribution in [-0.2, 0) is 6.54 Å². The van der Waals surface area contributed by atoms with Crippen LogP contribution in [-0.4, -0.2) is 40.5 Å². The van der Waals surface area contributed by atoms with E-state index in [-0.39, 0.29) is 17.6 Å². The van der Waals surface area contributed by atoms with E-state index in [2.05, 4.69) is 10.2 Å². The molecule has 30 heavy (non-hydrogen) atoms. The van der Waals surface area contributed by atoms with Crippen molar-refractivity contribution in [3.63, 3.8) is 0 Å². The lowest BCUT2D eigenvalue weighted by molar-refractivity contribution is 0.102. The van der Waals surface area contributed by atoms with E-state index in [1.165, 1.54) is 11.8 Å². The number of aromatic nitrogens is 3. The first-order valence-electron chi connectivity index (χ1n) is 9.60. The van der Waals surface area contributed by atoms with Gasteiger partial charge in [-0.1, -0.05) is 23.9 Å². The summed E-state index contributed by atoms with van der Waals surface area (Å²) >= 11 is 1.37. The van der Waals surface area contributed by atoms with Gasteiger partial charge in [-0.25, -0.2) is 0 Å². The minimum atomic E-state index is -0.333. The molecular weight excluding hydrogens is 402 g/mol. The summed E-state index contributed by atoms with van der Waals surface area (Å²) in [6.45, 7) is 4.60. The molecule has 7 nitrogen and oxygen atoms in total. The molecule has 0 spiro atoms. The number of rotatable bonds is 10. The van der Waals surface area contributed by atoms with Crippen LogP contribution in [0.3, 0.4) is 0 Å². The molecule has 0 aliphatic heterocycles. The fraction of sp³-hybridized carbons (Fsp3) is 0.318. The van der Waals surface area contributed by atoms with E-state index in [0.29, 0.717) is 34.6 Å². The lowest BCUT2D eigenvalue weighted by Gasteiger charge is -2.17. The third-order valence-corrected chi connectivity index (χ3v) is 5.51. The summed E-state index contributed by atoms with van der Waals surface area (Å²) in [4.78, 5) is 12.5. The van der Waals surface area contributed by atoms with Gasteiger partial charge in [0.25, 0.3) is 0 Å². The molecule has 0 bridgehead atoms. The van der Waals surface area contributed by atoms with Crippen LogP contribution in [0, 0.1) is 0 Å². The maximum absolute atomic E-state index is 12.5. The van der Waals surface area contributed by atoms with Gasteiger partial charge >= 0.3 is 0 Å². The molecule has 0 aliphatic rings. The van der Waals surface area contributed by atoms with Crippen molar-refractivity contribution in [3.8, 4) is 17.2 Å². The second kappa shape index (κ2) is 10.2. The second-order valence-electron chi connectivity index (χ2n) is 6.44. The number of methoxy groups -OCH3 is 2. The standard InChI is InChI=1S/C22H25N3O4S/c1-5-25-21(15(2)29-20-9-7-6-8-19(20)28-4)23-24-22(25)30-14-18(26)16-10-12-17(27-3)13-11-16/h6-13,15H,5,14H2,1-4H3. The fourth-order valence-electron chi connectivity index (χ4n) is 2.95. The monoisotopic (exact) mass is 427 g/mol. The van der Waals surface area contributed by atoms with E-state index in [0.717, 1.165) is 5.75 Å². The summed E-state index contributed by atoms with van der Waals surface area (Å²) in [5.41, 5.74) is 0.638. The average molecular weight is 428 g/mol. The highest BCUT2D eigenvalue weighted by atomic mass is 32.2. The van der Waals surface area contributed by atoms with Gasteiger partial charge in [0, 0.05) is 12.1 Å². The first-order chi connectivity index (χ1) is 14.6. The molecule has 3 rings (SSSR count). The Kier molecular flexibility index (Phi) is 7.35. The van der Waals surface area contributed by atoms with Crippen LogP contribution in [0.15, 0.2) is 53.7 Å². The van der Waals surface area contributed by atoms with Crippen LogP contribution in [0.4, 0.5) is 0 Å². The van der Waals surface area contributed by atoms with Crippen LogP contribution in [0.25, 0.3) is 0 Å². The van der Waals surface area contributed by atoms with Crippen molar-refractivity contribution in [2.75, 3.05) is 20.0 Å². The molecule has 158 valence electrons. The number of benzene rings is 2. The summed E-state index contributed by atoms with van der Waals surface area (Å²) in [7, 11) is 3.20. The Bertz CT molecular complexity index is 988. The predicted octanol–water partition coefficient (Wildman–Crippen LogP) is 4.43. The molecule has 1 unspecified atom stereocenters. The molecule has 8 heteroatoms. The number of nitrogens with zero attached hydrogens (tertiary/aromatic N) is 3. The van der Waals surface area contributed by atoms with Crippen LogP contribution in [0.1, 0.15) is 36.1 Å². The van der Waals surface area contributed by atoms with E-state index in [1.807, 2.05) is 42.7 Å². The number of hydrogen-bond acceptors (Lipinski definition) is 7. The van der Waals surface area contributed by atoms with Crippen LogP contribution in [0.5, 0.6) is 17.2 Å². The van der Waals surface area contributed by atoms with Crippen LogP contribution < -0.4 is 14.2 Å². The third kappa shape index (κ3) is 4.94. The molecule has 0 fully saturated rings. The van der Waals surface area contributed by atoms with E-state index in [9.17, 15) is 4.79 Å². The highest BCUT2D eigenvalue weighted by Gasteiger charge is 2.20. The minimum Gasteiger partial charge on any atom is -0.497 e. The Balaban J connectivity index is 1.69. The normalized spacial score (nSPS) is 11.7. The Morgan fingerprint density at radius 3 is 2.37 bits per heavy atom. The first kappa shape index (κ1) is 21.7. The highest BCUT2D eigenvalue weighted by Crippen LogP contribution is 2.31. The number of Topliss-reactive ketones (excluding diaryl/α,β-unsaturated/α-hetero) is 1. The van der Waals surface area contributed by atoms with Gasteiger partial charge in [-0.05, 0) is 50.2 Å². The molecule has 0 saturated carbocycles. The Hall–Kier alpha value is -3.00. The molecule has 0 radical (unpaired) electrons. The van der Waals surface area contributed by atoms with Crippen molar-refractivity contribution >= 4 is 17.5 Å². The molecular formula is C22H25N3O4S. The molecule has 2 aromatic carbocycles. The van der Waals surface area contributed by atoms with Crippen LogP contribution >= 0.6 is 11.8 Å². The van der Waals surface area contributed by atoms with Crippen molar-refractivity contribution in [1.29, 1.82) is 0 Å². The summed E-state index contributed by atoms with van der Waals surface area (Å²) in [5.74, 6) is 3.01. The fourth-order valence-corrected chi connectivity index (χ4v) is 3.86. The zero-order valence-corrected chi connectivity index (χ0v) is 18.3. The van der Waals surface area contributed by atoms with Gasteiger partial charge in [0.05, 0.1) is 20.0 Å². The maximum atomic E-state index is 12.5. The molecule has 0 amide bonds. The highest BCUT2D eigenvalue weighted by molar-refractivity contribution is 7.99.